The van der Waals surface area contributed by atoms with E-state index in [1.165, 1.54) is 23.5 Å². The van der Waals surface area contributed by atoms with Gasteiger partial charge in [-0.05, 0) is 67.5 Å². The van der Waals surface area contributed by atoms with E-state index in [1.807, 2.05) is 30.3 Å². The quantitative estimate of drug-likeness (QED) is 0.217. The lowest BCUT2D eigenvalue weighted by atomic mass is 9.95. The number of aryl methyl sites for hydroxylation is 1. The minimum Gasteiger partial charge on any atom is -0.462 e. The molecule has 1 heterocycles. The van der Waals surface area contributed by atoms with Crippen molar-refractivity contribution in [3.05, 3.63) is 81.7 Å². The van der Waals surface area contributed by atoms with Crippen LogP contribution in [0.25, 0.3) is 11.6 Å². The van der Waals surface area contributed by atoms with Crippen LogP contribution in [-0.2, 0) is 22.4 Å². The molecule has 1 aromatic heterocycles. The van der Waals surface area contributed by atoms with Crippen LogP contribution in [0.1, 0.15) is 51.7 Å². The van der Waals surface area contributed by atoms with Crippen molar-refractivity contribution < 1.29 is 27.8 Å². The van der Waals surface area contributed by atoms with E-state index in [4.69, 9.17) is 4.74 Å². The number of fused-ring (bicyclic) bond motifs is 1. The number of anilines is 1. The molecule has 8 heteroatoms. The van der Waals surface area contributed by atoms with Crippen LogP contribution >= 0.6 is 11.3 Å². The normalized spacial score (nSPS) is 13.3. The number of hydrogen-bond acceptors (Lipinski definition) is 5. The topological polar surface area (TPSA) is 64.6 Å². The average Bonchev–Trinajstić information content (AvgIpc) is 3.21. The number of halogens is 2. The Morgan fingerprint density at radius 2 is 1.77 bits per heavy atom. The zero-order valence-electron chi connectivity index (χ0n) is 19.2. The van der Waals surface area contributed by atoms with Crippen molar-refractivity contribution in [1.29, 1.82) is 0 Å². The molecule has 0 atom stereocenters. The minimum atomic E-state index is -2.91. The number of rotatable bonds is 8. The summed E-state index contributed by atoms with van der Waals surface area (Å²) in [7, 11) is 0. The first-order chi connectivity index (χ1) is 17.0. The first-order valence-electron chi connectivity index (χ1n) is 11.4. The number of alkyl halides is 2. The van der Waals surface area contributed by atoms with E-state index in [2.05, 4.69) is 10.1 Å². The average molecular weight is 498 g/mol. The number of hydrogen-bond donors (Lipinski definition) is 1. The third-order valence-corrected chi connectivity index (χ3v) is 6.83. The summed E-state index contributed by atoms with van der Waals surface area (Å²) < 4.78 is 34.6. The highest BCUT2D eigenvalue weighted by Crippen LogP contribution is 2.39. The highest BCUT2D eigenvalue weighted by atomic mass is 32.1. The Bertz CT molecular complexity index is 1220. The van der Waals surface area contributed by atoms with Gasteiger partial charge in [0, 0.05) is 10.5 Å². The number of esters is 1. The lowest BCUT2D eigenvalue weighted by Crippen LogP contribution is -2.16. The Labute approximate surface area is 206 Å². The third kappa shape index (κ3) is 5.95. The van der Waals surface area contributed by atoms with Crippen LogP contribution in [0.2, 0.25) is 0 Å². The van der Waals surface area contributed by atoms with Gasteiger partial charge in [0.2, 0.25) is 0 Å². The number of thiophene rings is 1. The van der Waals surface area contributed by atoms with Gasteiger partial charge in [0.15, 0.2) is 0 Å². The summed E-state index contributed by atoms with van der Waals surface area (Å²) >= 11 is 1.42. The summed E-state index contributed by atoms with van der Waals surface area (Å²) in [5, 5.41) is 3.44. The van der Waals surface area contributed by atoms with E-state index >= 15 is 0 Å². The molecule has 5 nitrogen and oxygen atoms in total. The molecule has 4 rings (SSSR count). The van der Waals surface area contributed by atoms with Crippen molar-refractivity contribution in [1.82, 2.24) is 0 Å². The van der Waals surface area contributed by atoms with Gasteiger partial charge < -0.3 is 14.8 Å². The Morgan fingerprint density at radius 3 is 2.46 bits per heavy atom. The van der Waals surface area contributed by atoms with E-state index < -0.39 is 12.6 Å². The molecule has 2 aromatic carbocycles. The lowest BCUT2D eigenvalue weighted by Gasteiger charge is -2.13. The molecule has 3 aromatic rings. The van der Waals surface area contributed by atoms with E-state index in [1.54, 1.807) is 25.1 Å². The molecule has 0 fully saturated rings. The molecule has 0 unspecified atom stereocenters. The monoisotopic (exact) mass is 497 g/mol. The van der Waals surface area contributed by atoms with Gasteiger partial charge in [-0.25, -0.2) is 4.79 Å². The maximum atomic E-state index is 13.5. The van der Waals surface area contributed by atoms with Crippen molar-refractivity contribution in [2.45, 2.75) is 39.2 Å². The summed E-state index contributed by atoms with van der Waals surface area (Å²) in [6.07, 6.45) is 5.36. The fourth-order valence-electron chi connectivity index (χ4n) is 4.05. The third-order valence-electron chi connectivity index (χ3n) is 5.62. The maximum absolute atomic E-state index is 13.5. The lowest BCUT2D eigenvalue weighted by molar-refractivity contribution is -0.111. The van der Waals surface area contributed by atoms with Crippen LogP contribution < -0.4 is 10.1 Å². The molecule has 0 radical (unpaired) electrons. The summed E-state index contributed by atoms with van der Waals surface area (Å²) in [4.78, 5) is 27.4. The first kappa shape index (κ1) is 24.6. The van der Waals surface area contributed by atoms with Crippen molar-refractivity contribution in [2.24, 2.45) is 0 Å². The number of carbonyl (C=O) groups excluding carboxylic acids is 2. The number of carbonyl (C=O) groups is 2. The van der Waals surface area contributed by atoms with Gasteiger partial charge in [-0.15, -0.1) is 11.3 Å². The molecular weight excluding hydrogens is 472 g/mol. The van der Waals surface area contributed by atoms with Crippen LogP contribution in [0.15, 0.2) is 54.6 Å². The van der Waals surface area contributed by atoms with Gasteiger partial charge >= 0.3 is 12.6 Å². The van der Waals surface area contributed by atoms with Crippen molar-refractivity contribution in [3.63, 3.8) is 0 Å². The molecule has 0 spiro atoms. The van der Waals surface area contributed by atoms with Gasteiger partial charge in [0.1, 0.15) is 10.8 Å². The van der Waals surface area contributed by atoms with Gasteiger partial charge in [0.05, 0.1) is 12.2 Å². The fourth-order valence-corrected chi connectivity index (χ4v) is 5.33. The van der Waals surface area contributed by atoms with Crippen molar-refractivity contribution in [2.75, 3.05) is 11.9 Å². The largest absolute Gasteiger partial charge is 0.462 e. The molecule has 182 valence electrons. The van der Waals surface area contributed by atoms with E-state index in [0.717, 1.165) is 36.1 Å². The number of nitrogens with one attached hydrogen (secondary N) is 1. The maximum Gasteiger partial charge on any atom is 0.387 e. The Morgan fingerprint density at radius 1 is 1.06 bits per heavy atom. The van der Waals surface area contributed by atoms with Crippen LogP contribution in [-0.4, -0.2) is 25.1 Å². The molecule has 1 aliphatic carbocycles. The van der Waals surface area contributed by atoms with Gasteiger partial charge in [-0.1, -0.05) is 42.5 Å². The van der Waals surface area contributed by atoms with Crippen LogP contribution in [0.4, 0.5) is 13.8 Å². The zero-order chi connectivity index (χ0) is 24.8. The van der Waals surface area contributed by atoms with Gasteiger partial charge in [-0.2, -0.15) is 8.78 Å². The van der Waals surface area contributed by atoms with Gasteiger partial charge in [0.25, 0.3) is 5.91 Å². The second-order valence-corrected chi connectivity index (χ2v) is 9.07. The SMILES string of the molecule is CCOC(=O)c1c(NC(=O)C(=Cc2ccc(OC(F)F)cc2)c2ccccc2)sc2c1CCCC2. The Hall–Kier alpha value is -3.52. The second kappa shape index (κ2) is 11.3. The molecule has 1 amide bonds. The zero-order valence-corrected chi connectivity index (χ0v) is 20.0. The van der Waals surface area contributed by atoms with Crippen LogP contribution in [0.5, 0.6) is 5.75 Å². The standard InChI is InChI=1S/C27H25F2NO4S/c1-2-33-26(32)23-20-10-6-7-11-22(20)35-25(23)30-24(31)21(18-8-4-3-5-9-18)16-17-12-14-19(15-13-17)34-27(28)29/h3-5,8-9,12-16,27H,2,6-7,10-11H2,1H3,(H,30,31). The van der Waals surface area contributed by atoms with E-state index in [0.29, 0.717) is 27.3 Å². The van der Waals surface area contributed by atoms with Crippen LogP contribution in [0.3, 0.4) is 0 Å². The predicted molar refractivity (Wildman–Crippen MR) is 133 cm³/mol. The summed E-state index contributed by atoms with van der Waals surface area (Å²) in [6.45, 7) is -0.910. The molecule has 0 saturated heterocycles. The highest BCUT2D eigenvalue weighted by Gasteiger charge is 2.28. The molecule has 1 N–H and O–H groups in total. The minimum absolute atomic E-state index is 0.0334. The van der Waals surface area contributed by atoms with Crippen molar-refractivity contribution >= 4 is 39.9 Å². The first-order valence-corrected chi connectivity index (χ1v) is 12.2. The van der Waals surface area contributed by atoms with E-state index in [-0.39, 0.29) is 18.3 Å². The number of amides is 1. The molecular formula is C27H25F2NO4S. The summed E-state index contributed by atoms with van der Waals surface area (Å²) in [5.41, 5.74) is 3.10. The number of ether oxygens (including phenoxy) is 2. The summed E-state index contributed by atoms with van der Waals surface area (Å²) in [6, 6.07) is 15.2. The summed E-state index contributed by atoms with van der Waals surface area (Å²) in [5.74, 6) is -0.776. The molecule has 1 aliphatic rings. The fraction of sp³-hybridized carbons (Fsp3) is 0.259. The molecule has 35 heavy (non-hydrogen) atoms. The second-order valence-electron chi connectivity index (χ2n) is 7.96. The van der Waals surface area contributed by atoms with Crippen molar-refractivity contribution in [3.8, 4) is 5.75 Å². The smallest absolute Gasteiger partial charge is 0.387 e. The molecule has 0 bridgehead atoms. The Balaban J connectivity index is 1.68. The number of benzene rings is 2. The molecule has 0 aliphatic heterocycles. The molecule has 0 saturated carbocycles. The van der Waals surface area contributed by atoms with Gasteiger partial charge in [-0.3, -0.25) is 4.79 Å². The predicted octanol–water partition coefficient (Wildman–Crippen LogP) is 6.58. The highest BCUT2D eigenvalue weighted by molar-refractivity contribution is 7.17. The Kier molecular flexibility index (Phi) is 7.92. The van der Waals surface area contributed by atoms with E-state index in [9.17, 15) is 18.4 Å². The van der Waals surface area contributed by atoms with Crippen LogP contribution in [0, 0.1) is 0 Å².